The molecule has 16 heavy (non-hydrogen) atoms. The summed E-state index contributed by atoms with van der Waals surface area (Å²) < 4.78 is 0. The molecule has 2 rings (SSSR count). The third-order valence-electron chi connectivity index (χ3n) is 2.00. The highest BCUT2D eigenvalue weighted by atomic mass is 14.6. The number of para-hydroxylation sites is 1. The summed E-state index contributed by atoms with van der Waals surface area (Å²) in [5.74, 6) is 6.11. The van der Waals surface area contributed by atoms with Crippen LogP contribution in [0.4, 0.5) is 0 Å². The van der Waals surface area contributed by atoms with Gasteiger partial charge < -0.3 is 0 Å². The van der Waals surface area contributed by atoms with Crippen LogP contribution in [0.3, 0.4) is 0 Å². The zero-order chi connectivity index (χ0) is 11.8. The summed E-state index contributed by atoms with van der Waals surface area (Å²) in [6.07, 6.45) is 2.71. The highest BCUT2D eigenvalue weighted by Gasteiger charge is 1.93. The maximum Gasteiger partial charge on any atom is 0.0702 e. The van der Waals surface area contributed by atoms with Crippen LogP contribution >= 0.6 is 0 Å². The van der Waals surface area contributed by atoms with Gasteiger partial charge in [0.25, 0.3) is 0 Å². The summed E-state index contributed by atoms with van der Waals surface area (Å²) in [6.45, 7) is 6.04. The predicted octanol–water partition coefficient (Wildman–Crippen LogP) is 4.02. The zero-order valence-corrected chi connectivity index (χ0v) is 10.1. The lowest BCUT2D eigenvalue weighted by Crippen LogP contribution is -1.80. The molecule has 2 aromatic rings. The van der Waals surface area contributed by atoms with E-state index in [0.29, 0.717) is 0 Å². The van der Waals surface area contributed by atoms with E-state index in [-0.39, 0.29) is 0 Å². The van der Waals surface area contributed by atoms with E-state index in [1.165, 1.54) is 0 Å². The second kappa shape index (κ2) is 6.63. The number of fused-ring (bicyclic) bond motifs is 1. The van der Waals surface area contributed by atoms with Crippen molar-refractivity contribution in [1.29, 1.82) is 0 Å². The number of benzene rings is 1. The molecule has 0 aliphatic carbocycles. The highest BCUT2D eigenvalue weighted by molar-refractivity contribution is 5.79. The molecule has 0 unspecified atom stereocenters. The Kier molecular flexibility index (Phi) is 5.08. The molecule has 0 bridgehead atoms. The minimum absolute atomic E-state index is 0.882. The molecule has 1 heteroatoms. The fraction of sp³-hybridized carbons (Fsp3) is 0.267. The lowest BCUT2D eigenvalue weighted by Gasteiger charge is -1.95. The lowest BCUT2D eigenvalue weighted by atomic mass is 10.1. The summed E-state index contributed by atoms with van der Waals surface area (Å²) in [6, 6.07) is 10.1. The highest BCUT2D eigenvalue weighted by Crippen LogP contribution is 2.11. The first kappa shape index (κ1) is 12.3. The maximum absolute atomic E-state index is 4.33. The first-order chi connectivity index (χ1) is 7.90. The first-order valence-electron chi connectivity index (χ1n) is 5.74. The average molecular weight is 211 g/mol. The van der Waals surface area contributed by atoms with Crippen molar-refractivity contribution >= 4 is 10.9 Å². The van der Waals surface area contributed by atoms with Crippen molar-refractivity contribution in [2.75, 3.05) is 0 Å². The second-order valence-electron chi connectivity index (χ2n) is 3.07. The van der Waals surface area contributed by atoms with E-state index < -0.39 is 0 Å². The predicted molar refractivity (Wildman–Crippen MR) is 70.3 cm³/mol. The molecule has 0 radical (unpaired) electrons. The van der Waals surface area contributed by atoms with Crippen LogP contribution in [0, 0.1) is 11.8 Å². The van der Waals surface area contributed by atoms with E-state index >= 15 is 0 Å². The van der Waals surface area contributed by atoms with Crippen molar-refractivity contribution in [2.24, 2.45) is 0 Å². The summed E-state index contributed by atoms with van der Waals surface area (Å²) in [5, 5.41) is 1.15. The standard InChI is InChI=1S/C13H11N.C2H6/c1-2-3-6-11-9-12-7-4-5-8-13(12)14-10-11;1-2/h4-5,7-10H,2H2,1H3;1-2H3. The lowest BCUT2D eigenvalue weighted by molar-refractivity contribution is 1.28. The van der Waals surface area contributed by atoms with Gasteiger partial charge in [0, 0.05) is 23.6 Å². The van der Waals surface area contributed by atoms with E-state index in [9.17, 15) is 0 Å². The summed E-state index contributed by atoms with van der Waals surface area (Å²) in [5.41, 5.74) is 2.01. The fourth-order valence-electron chi connectivity index (χ4n) is 1.33. The molecule has 82 valence electrons. The van der Waals surface area contributed by atoms with Crippen molar-refractivity contribution in [1.82, 2.24) is 4.98 Å². The van der Waals surface area contributed by atoms with Gasteiger partial charge in [0.15, 0.2) is 0 Å². The van der Waals surface area contributed by atoms with Crippen LogP contribution in [0.2, 0.25) is 0 Å². The van der Waals surface area contributed by atoms with Gasteiger partial charge in [-0.1, -0.05) is 50.8 Å². The van der Waals surface area contributed by atoms with Crippen LogP contribution in [0.15, 0.2) is 36.5 Å². The second-order valence-corrected chi connectivity index (χ2v) is 3.07. The van der Waals surface area contributed by atoms with E-state index in [1.54, 1.807) is 0 Å². The smallest absolute Gasteiger partial charge is 0.0702 e. The van der Waals surface area contributed by atoms with Crippen molar-refractivity contribution in [3.8, 4) is 11.8 Å². The molecule has 0 aliphatic heterocycles. The molecule has 1 heterocycles. The Balaban J connectivity index is 0.000000606. The Morgan fingerprint density at radius 2 is 1.94 bits per heavy atom. The Bertz CT molecular complexity index is 503. The number of pyridine rings is 1. The van der Waals surface area contributed by atoms with Crippen molar-refractivity contribution in [3.63, 3.8) is 0 Å². The Morgan fingerprint density at radius 3 is 2.69 bits per heavy atom. The van der Waals surface area contributed by atoms with Crippen LogP contribution in [0.1, 0.15) is 32.8 Å². The molecular formula is C15H17N. The van der Waals surface area contributed by atoms with E-state index in [1.807, 2.05) is 45.2 Å². The molecule has 1 nitrogen and oxygen atoms in total. The average Bonchev–Trinajstić information content (AvgIpc) is 2.38. The van der Waals surface area contributed by atoms with Crippen molar-refractivity contribution in [3.05, 3.63) is 42.1 Å². The van der Waals surface area contributed by atoms with Gasteiger partial charge in [-0.3, -0.25) is 4.98 Å². The molecule has 1 aromatic carbocycles. The largest absolute Gasteiger partial charge is 0.255 e. The van der Waals surface area contributed by atoms with Gasteiger partial charge in [-0.25, -0.2) is 0 Å². The molecular weight excluding hydrogens is 194 g/mol. The number of aromatic nitrogens is 1. The molecule has 0 saturated heterocycles. The van der Waals surface area contributed by atoms with Crippen LogP contribution in [0.25, 0.3) is 10.9 Å². The first-order valence-corrected chi connectivity index (χ1v) is 5.74. The third kappa shape index (κ3) is 3.10. The monoisotopic (exact) mass is 211 g/mol. The number of hydrogen-bond donors (Lipinski definition) is 0. The summed E-state index contributed by atoms with van der Waals surface area (Å²) in [7, 11) is 0. The number of hydrogen-bond acceptors (Lipinski definition) is 1. The van der Waals surface area contributed by atoms with Gasteiger partial charge in [-0.05, 0) is 12.1 Å². The molecule has 0 aliphatic rings. The van der Waals surface area contributed by atoms with Gasteiger partial charge in [-0.15, -0.1) is 0 Å². The molecule has 0 N–H and O–H groups in total. The van der Waals surface area contributed by atoms with Crippen LogP contribution < -0.4 is 0 Å². The molecule has 0 amide bonds. The minimum atomic E-state index is 0.882. The number of rotatable bonds is 0. The summed E-state index contributed by atoms with van der Waals surface area (Å²) >= 11 is 0. The topological polar surface area (TPSA) is 12.9 Å². The molecule has 0 fully saturated rings. The van der Waals surface area contributed by atoms with E-state index in [0.717, 1.165) is 22.9 Å². The van der Waals surface area contributed by atoms with Gasteiger partial charge in [0.1, 0.15) is 0 Å². The van der Waals surface area contributed by atoms with Gasteiger partial charge in [0.05, 0.1) is 5.52 Å². The van der Waals surface area contributed by atoms with Crippen LogP contribution in [-0.2, 0) is 0 Å². The van der Waals surface area contributed by atoms with E-state index in [4.69, 9.17) is 0 Å². The quantitative estimate of drug-likeness (QED) is 0.600. The van der Waals surface area contributed by atoms with Crippen molar-refractivity contribution in [2.45, 2.75) is 27.2 Å². The normalized spacial score (nSPS) is 8.69. The zero-order valence-electron chi connectivity index (χ0n) is 10.1. The molecule has 0 spiro atoms. The third-order valence-corrected chi connectivity index (χ3v) is 2.00. The fourth-order valence-corrected chi connectivity index (χ4v) is 1.33. The number of nitrogens with zero attached hydrogens (tertiary/aromatic N) is 1. The molecule has 1 aromatic heterocycles. The Morgan fingerprint density at radius 1 is 1.19 bits per heavy atom. The maximum atomic E-state index is 4.33. The van der Waals surface area contributed by atoms with Crippen LogP contribution in [-0.4, -0.2) is 4.98 Å². The Labute approximate surface area is 97.5 Å². The Hall–Kier alpha value is -1.81. The van der Waals surface area contributed by atoms with Crippen LogP contribution in [0.5, 0.6) is 0 Å². The van der Waals surface area contributed by atoms with E-state index in [2.05, 4.69) is 29.0 Å². The molecule has 0 saturated carbocycles. The van der Waals surface area contributed by atoms with Crippen molar-refractivity contribution < 1.29 is 0 Å². The molecule has 0 atom stereocenters. The van der Waals surface area contributed by atoms with Gasteiger partial charge in [0.2, 0.25) is 0 Å². The van der Waals surface area contributed by atoms with Gasteiger partial charge >= 0.3 is 0 Å². The SMILES string of the molecule is CC.CCC#Cc1cnc2ccccc2c1. The van der Waals surface area contributed by atoms with Gasteiger partial charge in [-0.2, -0.15) is 0 Å². The summed E-state index contributed by atoms with van der Waals surface area (Å²) in [4.78, 5) is 4.33. The minimum Gasteiger partial charge on any atom is -0.255 e.